The largest absolute Gasteiger partial charge is 0.466 e. The number of anilines is 1. The summed E-state index contributed by atoms with van der Waals surface area (Å²) in [5.74, 6) is -0.437. The summed E-state index contributed by atoms with van der Waals surface area (Å²) in [4.78, 5) is 30.3. The monoisotopic (exact) mass is 446 g/mol. The maximum atomic E-state index is 12.6. The number of carbonyl (C=O) groups is 2. The van der Waals surface area contributed by atoms with E-state index in [0.29, 0.717) is 17.8 Å². The van der Waals surface area contributed by atoms with Gasteiger partial charge in [0, 0.05) is 54.0 Å². The van der Waals surface area contributed by atoms with Crippen LogP contribution in [0, 0.1) is 0 Å². The fraction of sp³-hybridized carbons (Fsp3) is 0.333. The number of esters is 1. The number of halogens is 1. The standard InChI is InChI=1S/C21H23ClN4O3S/c1-29-20(27)18-16(23-21(28)24-19(18)17-6-3-11-30-17)13-25-7-9-26(10-8-25)15-5-2-4-14(22)12-15/h2-6,11-12,19H,7-10,13H2,1H3,(H2,23,24,28)/t19-/m0/s1. The summed E-state index contributed by atoms with van der Waals surface area (Å²) in [6.45, 7) is 3.75. The number of benzene rings is 1. The average Bonchev–Trinajstić information content (AvgIpc) is 3.28. The van der Waals surface area contributed by atoms with E-state index >= 15 is 0 Å². The van der Waals surface area contributed by atoms with Crippen LogP contribution in [0.2, 0.25) is 5.02 Å². The molecule has 4 rings (SSSR count). The van der Waals surface area contributed by atoms with Crippen molar-refractivity contribution in [3.8, 4) is 0 Å². The molecule has 0 saturated carbocycles. The molecule has 2 aromatic rings. The first-order chi connectivity index (χ1) is 14.5. The minimum atomic E-state index is -0.506. The minimum Gasteiger partial charge on any atom is -0.466 e. The fourth-order valence-corrected chi connectivity index (χ4v) is 4.79. The van der Waals surface area contributed by atoms with Gasteiger partial charge in [-0.1, -0.05) is 23.7 Å². The summed E-state index contributed by atoms with van der Waals surface area (Å²) in [6, 6.07) is 10.8. The summed E-state index contributed by atoms with van der Waals surface area (Å²) < 4.78 is 5.04. The van der Waals surface area contributed by atoms with Crippen LogP contribution < -0.4 is 15.5 Å². The molecule has 2 aliphatic rings. The van der Waals surface area contributed by atoms with E-state index in [1.807, 2.05) is 35.7 Å². The van der Waals surface area contributed by atoms with E-state index < -0.39 is 12.0 Å². The Morgan fingerprint density at radius 1 is 1.23 bits per heavy atom. The molecule has 2 aliphatic heterocycles. The van der Waals surface area contributed by atoms with Crippen molar-refractivity contribution in [1.29, 1.82) is 0 Å². The van der Waals surface area contributed by atoms with Crippen LogP contribution in [0.1, 0.15) is 10.9 Å². The highest BCUT2D eigenvalue weighted by molar-refractivity contribution is 7.10. The highest BCUT2D eigenvalue weighted by Gasteiger charge is 2.35. The number of hydrogen-bond acceptors (Lipinski definition) is 6. The lowest BCUT2D eigenvalue weighted by molar-refractivity contribution is -0.136. The van der Waals surface area contributed by atoms with Crippen molar-refractivity contribution in [2.45, 2.75) is 6.04 Å². The first kappa shape index (κ1) is 20.7. The number of methoxy groups -OCH3 is 1. The van der Waals surface area contributed by atoms with Gasteiger partial charge in [0.05, 0.1) is 18.7 Å². The highest BCUT2D eigenvalue weighted by Crippen LogP contribution is 2.31. The van der Waals surface area contributed by atoms with Crippen LogP contribution in [0.15, 0.2) is 53.0 Å². The van der Waals surface area contributed by atoms with Crippen molar-refractivity contribution in [3.63, 3.8) is 0 Å². The van der Waals surface area contributed by atoms with Gasteiger partial charge < -0.3 is 20.3 Å². The predicted molar refractivity (Wildman–Crippen MR) is 118 cm³/mol. The molecule has 1 aromatic carbocycles. The van der Waals surface area contributed by atoms with Crippen molar-refractivity contribution in [3.05, 3.63) is 62.9 Å². The molecule has 0 bridgehead atoms. The van der Waals surface area contributed by atoms with Crippen LogP contribution in [0.25, 0.3) is 0 Å². The summed E-state index contributed by atoms with van der Waals surface area (Å²) in [5, 5.41) is 8.33. The molecule has 30 heavy (non-hydrogen) atoms. The lowest BCUT2D eigenvalue weighted by Gasteiger charge is -2.37. The van der Waals surface area contributed by atoms with Gasteiger partial charge >= 0.3 is 12.0 Å². The van der Waals surface area contributed by atoms with Crippen LogP contribution >= 0.6 is 22.9 Å². The van der Waals surface area contributed by atoms with E-state index in [0.717, 1.165) is 41.8 Å². The topological polar surface area (TPSA) is 73.9 Å². The van der Waals surface area contributed by atoms with Crippen molar-refractivity contribution >= 4 is 40.6 Å². The van der Waals surface area contributed by atoms with Gasteiger partial charge in [-0.05, 0) is 29.6 Å². The van der Waals surface area contributed by atoms with Gasteiger partial charge in [-0.15, -0.1) is 11.3 Å². The predicted octanol–water partition coefficient (Wildman–Crippen LogP) is 3.00. The smallest absolute Gasteiger partial charge is 0.338 e. The van der Waals surface area contributed by atoms with E-state index in [1.165, 1.54) is 18.4 Å². The van der Waals surface area contributed by atoms with Crippen LogP contribution in [-0.4, -0.2) is 56.7 Å². The summed E-state index contributed by atoms with van der Waals surface area (Å²) in [5.41, 5.74) is 2.15. The molecule has 1 saturated heterocycles. The Morgan fingerprint density at radius 3 is 2.70 bits per heavy atom. The summed E-state index contributed by atoms with van der Waals surface area (Å²) in [7, 11) is 1.36. The second-order valence-electron chi connectivity index (χ2n) is 7.17. The van der Waals surface area contributed by atoms with Gasteiger partial charge in [0.1, 0.15) is 0 Å². The van der Waals surface area contributed by atoms with Gasteiger partial charge in [-0.2, -0.15) is 0 Å². The lowest BCUT2D eigenvalue weighted by atomic mass is 10.0. The number of thiophene rings is 1. The molecule has 0 spiro atoms. The van der Waals surface area contributed by atoms with E-state index in [-0.39, 0.29) is 6.03 Å². The Balaban J connectivity index is 1.51. The number of nitrogens with zero attached hydrogens (tertiary/aromatic N) is 2. The van der Waals surface area contributed by atoms with Crippen molar-refractivity contribution < 1.29 is 14.3 Å². The van der Waals surface area contributed by atoms with E-state index in [1.54, 1.807) is 0 Å². The van der Waals surface area contributed by atoms with Crippen molar-refractivity contribution in [2.24, 2.45) is 0 Å². The molecule has 1 aromatic heterocycles. The number of carbonyl (C=O) groups excluding carboxylic acids is 2. The molecular formula is C21H23ClN4O3S. The maximum absolute atomic E-state index is 12.6. The molecule has 0 radical (unpaired) electrons. The lowest BCUT2D eigenvalue weighted by Crippen LogP contribution is -2.51. The zero-order chi connectivity index (χ0) is 21.1. The van der Waals surface area contributed by atoms with Gasteiger partial charge in [-0.3, -0.25) is 4.90 Å². The van der Waals surface area contributed by atoms with Gasteiger partial charge in [0.2, 0.25) is 0 Å². The van der Waals surface area contributed by atoms with Crippen molar-refractivity contribution in [2.75, 3.05) is 44.7 Å². The van der Waals surface area contributed by atoms with Crippen LogP contribution in [0.4, 0.5) is 10.5 Å². The quantitative estimate of drug-likeness (QED) is 0.691. The third-order valence-electron chi connectivity index (χ3n) is 5.31. The number of amides is 2. The van der Waals surface area contributed by atoms with Gasteiger partial charge in [0.25, 0.3) is 0 Å². The fourth-order valence-electron chi connectivity index (χ4n) is 3.82. The van der Waals surface area contributed by atoms with Crippen LogP contribution in [-0.2, 0) is 9.53 Å². The molecule has 7 nitrogen and oxygen atoms in total. The average molecular weight is 447 g/mol. The Morgan fingerprint density at radius 2 is 2.03 bits per heavy atom. The molecule has 1 fully saturated rings. The van der Waals surface area contributed by atoms with E-state index in [4.69, 9.17) is 16.3 Å². The van der Waals surface area contributed by atoms with Gasteiger partial charge in [0.15, 0.2) is 0 Å². The van der Waals surface area contributed by atoms with Crippen LogP contribution in [0.5, 0.6) is 0 Å². The normalized spacial score (nSPS) is 20.0. The number of urea groups is 1. The van der Waals surface area contributed by atoms with Crippen molar-refractivity contribution in [1.82, 2.24) is 15.5 Å². The first-order valence-electron chi connectivity index (χ1n) is 9.70. The summed E-state index contributed by atoms with van der Waals surface area (Å²) in [6.07, 6.45) is 0. The van der Waals surface area contributed by atoms with Crippen LogP contribution in [0.3, 0.4) is 0 Å². The highest BCUT2D eigenvalue weighted by atomic mass is 35.5. The SMILES string of the molecule is COC(=O)C1=C(CN2CCN(c3cccc(Cl)c3)CC2)NC(=O)N[C@H]1c1cccs1. The molecule has 1 atom stereocenters. The Labute approximate surface area is 184 Å². The zero-order valence-corrected chi connectivity index (χ0v) is 18.1. The van der Waals surface area contributed by atoms with Gasteiger partial charge in [-0.25, -0.2) is 9.59 Å². The number of ether oxygens (including phenoxy) is 1. The minimum absolute atomic E-state index is 0.311. The van der Waals surface area contributed by atoms with E-state index in [9.17, 15) is 9.59 Å². The number of piperazine rings is 1. The Hall–Kier alpha value is -2.55. The molecule has 2 N–H and O–H groups in total. The first-order valence-corrected chi connectivity index (χ1v) is 11.0. The maximum Gasteiger partial charge on any atom is 0.338 e. The molecule has 0 unspecified atom stereocenters. The molecule has 0 aliphatic carbocycles. The number of nitrogens with one attached hydrogen (secondary N) is 2. The molecule has 2 amide bonds. The molecular weight excluding hydrogens is 424 g/mol. The number of hydrogen-bond donors (Lipinski definition) is 2. The molecule has 158 valence electrons. The molecule has 3 heterocycles. The second-order valence-corrected chi connectivity index (χ2v) is 8.59. The third kappa shape index (κ3) is 4.45. The third-order valence-corrected chi connectivity index (χ3v) is 6.49. The number of rotatable bonds is 5. The molecule has 9 heteroatoms. The summed E-state index contributed by atoms with van der Waals surface area (Å²) >= 11 is 7.61. The van der Waals surface area contributed by atoms with E-state index in [2.05, 4.69) is 26.5 Å². The Kier molecular flexibility index (Phi) is 6.26. The zero-order valence-electron chi connectivity index (χ0n) is 16.6. The Bertz CT molecular complexity index is 955. The second kappa shape index (κ2) is 9.07.